The number of hydrogen-bond acceptors (Lipinski definition) is 3. The number of aromatic nitrogens is 1. The number of nitrogens with zero attached hydrogens (tertiary/aromatic N) is 4. The van der Waals surface area contributed by atoms with Gasteiger partial charge in [-0.3, -0.25) is 4.79 Å². The first-order chi connectivity index (χ1) is 6.27. The molecule has 0 aliphatic heterocycles. The first-order valence-corrected chi connectivity index (χ1v) is 3.37. The van der Waals surface area contributed by atoms with Crippen molar-refractivity contribution in [3.63, 3.8) is 0 Å². The van der Waals surface area contributed by atoms with E-state index < -0.39 is 5.91 Å². The van der Waals surface area contributed by atoms with E-state index in [1.807, 2.05) is 0 Å². The van der Waals surface area contributed by atoms with Gasteiger partial charge in [0.05, 0.1) is 7.11 Å². The quantitative estimate of drug-likeness (QED) is 0.391. The largest absolute Gasteiger partial charge is 0.481 e. The summed E-state index contributed by atoms with van der Waals surface area (Å²) in [7, 11) is 1.47. The average Bonchev–Trinajstić information content (AvgIpc) is 2.18. The Morgan fingerprint density at radius 1 is 1.69 bits per heavy atom. The fourth-order valence-corrected chi connectivity index (χ4v) is 0.726. The monoisotopic (exact) mass is 178 g/mol. The predicted octanol–water partition coefficient (Wildman–Crippen LogP) is 1.54. The van der Waals surface area contributed by atoms with Crippen LogP contribution in [0.5, 0.6) is 5.88 Å². The molecule has 0 saturated heterocycles. The minimum absolute atomic E-state index is 0.235. The van der Waals surface area contributed by atoms with Crippen LogP contribution in [-0.4, -0.2) is 18.0 Å². The molecule has 0 spiro atoms. The number of ether oxygens (including phenoxy) is 1. The van der Waals surface area contributed by atoms with Crippen LogP contribution >= 0.6 is 0 Å². The van der Waals surface area contributed by atoms with Gasteiger partial charge < -0.3 is 4.74 Å². The van der Waals surface area contributed by atoms with Crippen LogP contribution in [0.4, 0.5) is 0 Å². The maximum atomic E-state index is 10.9. The maximum absolute atomic E-state index is 10.9. The summed E-state index contributed by atoms with van der Waals surface area (Å²) in [5.74, 6) is -0.254. The molecule has 0 N–H and O–H groups in total. The molecule has 13 heavy (non-hydrogen) atoms. The summed E-state index contributed by atoms with van der Waals surface area (Å²) in [4.78, 5) is 17.1. The van der Waals surface area contributed by atoms with E-state index in [1.165, 1.54) is 25.4 Å². The molecule has 0 aliphatic carbocycles. The third-order valence-corrected chi connectivity index (χ3v) is 1.33. The fourth-order valence-electron chi connectivity index (χ4n) is 0.726. The Kier molecular flexibility index (Phi) is 2.83. The van der Waals surface area contributed by atoms with E-state index >= 15 is 0 Å². The van der Waals surface area contributed by atoms with Crippen LogP contribution in [-0.2, 0) is 0 Å². The molecule has 0 aromatic carbocycles. The number of carbonyl (C=O) groups is 1. The van der Waals surface area contributed by atoms with Gasteiger partial charge in [0.2, 0.25) is 5.88 Å². The molecule has 6 nitrogen and oxygen atoms in total. The molecule has 6 heteroatoms. The molecular formula is C7H6N4O2. The van der Waals surface area contributed by atoms with E-state index in [0.29, 0.717) is 5.88 Å². The van der Waals surface area contributed by atoms with Crippen molar-refractivity contribution in [3.8, 4) is 5.88 Å². The first kappa shape index (κ1) is 9.02. The third kappa shape index (κ3) is 2.18. The van der Waals surface area contributed by atoms with Crippen molar-refractivity contribution in [1.29, 1.82) is 0 Å². The highest BCUT2D eigenvalue weighted by molar-refractivity contribution is 5.94. The molecule has 1 rings (SSSR count). The Bertz CT molecular complexity index is 353. The van der Waals surface area contributed by atoms with Crippen LogP contribution in [0.15, 0.2) is 23.4 Å². The zero-order valence-electron chi connectivity index (χ0n) is 6.84. The van der Waals surface area contributed by atoms with Gasteiger partial charge in [-0.15, -0.1) is 0 Å². The number of methoxy groups -OCH3 is 1. The first-order valence-electron chi connectivity index (χ1n) is 3.37. The maximum Gasteiger partial charge on any atom is 0.250 e. The van der Waals surface area contributed by atoms with Crippen molar-refractivity contribution in [2.75, 3.05) is 7.11 Å². The summed E-state index contributed by atoms with van der Waals surface area (Å²) in [6.45, 7) is 0. The highest BCUT2D eigenvalue weighted by Gasteiger charge is 2.02. The molecule has 1 aromatic heterocycles. The van der Waals surface area contributed by atoms with Crippen LogP contribution in [0, 0.1) is 0 Å². The van der Waals surface area contributed by atoms with Gasteiger partial charge in [0.25, 0.3) is 5.91 Å². The number of rotatable bonds is 2. The number of hydrogen-bond donors (Lipinski definition) is 0. The Balaban J connectivity index is 2.92. The predicted molar refractivity (Wildman–Crippen MR) is 44.3 cm³/mol. The lowest BCUT2D eigenvalue weighted by molar-refractivity contribution is 0.1000. The number of carbonyl (C=O) groups excluding carboxylic acids is 1. The molecule has 0 saturated carbocycles. The molecule has 66 valence electrons. The van der Waals surface area contributed by atoms with E-state index in [4.69, 9.17) is 10.3 Å². The highest BCUT2D eigenvalue weighted by atomic mass is 16.5. The molecule has 1 heterocycles. The molecule has 0 atom stereocenters. The molecule has 0 fully saturated rings. The van der Waals surface area contributed by atoms with Gasteiger partial charge >= 0.3 is 0 Å². The number of pyridine rings is 1. The van der Waals surface area contributed by atoms with Gasteiger partial charge in [0, 0.05) is 22.7 Å². The van der Waals surface area contributed by atoms with Crippen LogP contribution in [0.2, 0.25) is 0 Å². The summed E-state index contributed by atoms with van der Waals surface area (Å²) in [5, 5.41) is 2.91. The smallest absolute Gasteiger partial charge is 0.250 e. The second-order valence-corrected chi connectivity index (χ2v) is 2.08. The van der Waals surface area contributed by atoms with Gasteiger partial charge in [-0.1, -0.05) is 0 Å². The minimum Gasteiger partial charge on any atom is -0.481 e. The molecular weight excluding hydrogens is 172 g/mol. The number of azide groups is 1. The second kappa shape index (κ2) is 4.08. The van der Waals surface area contributed by atoms with Gasteiger partial charge in [0.1, 0.15) is 0 Å². The number of amides is 1. The molecule has 1 amide bonds. The van der Waals surface area contributed by atoms with Crippen molar-refractivity contribution < 1.29 is 9.53 Å². The molecule has 0 radical (unpaired) electrons. The molecule has 0 aliphatic rings. The lowest BCUT2D eigenvalue weighted by Crippen LogP contribution is -1.95. The zero-order chi connectivity index (χ0) is 9.68. The van der Waals surface area contributed by atoms with E-state index in [1.54, 1.807) is 0 Å². The highest BCUT2D eigenvalue weighted by Crippen LogP contribution is 2.07. The van der Waals surface area contributed by atoms with E-state index in [-0.39, 0.29) is 5.56 Å². The molecule has 1 aromatic rings. The zero-order valence-corrected chi connectivity index (χ0v) is 6.84. The van der Waals surface area contributed by atoms with Crippen molar-refractivity contribution in [2.45, 2.75) is 0 Å². The normalized spacial score (nSPS) is 8.69. The van der Waals surface area contributed by atoms with Crippen LogP contribution < -0.4 is 4.74 Å². The van der Waals surface area contributed by atoms with Gasteiger partial charge in [-0.05, 0) is 16.7 Å². The minimum atomic E-state index is -0.655. The van der Waals surface area contributed by atoms with Gasteiger partial charge in [-0.2, -0.15) is 0 Å². The summed E-state index contributed by atoms with van der Waals surface area (Å²) in [6.07, 6.45) is 1.29. The third-order valence-electron chi connectivity index (χ3n) is 1.33. The summed E-state index contributed by atoms with van der Waals surface area (Å²) < 4.78 is 4.78. The topological polar surface area (TPSA) is 88.0 Å². The Morgan fingerprint density at radius 2 is 2.46 bits per heavy atom. The van der Waals surface area contributed by atoms with Crippen molar-refractivity contribution >= 4 is 5.91 Å². The summed E-state index contributed by atoms with van der Waals surface area (Å²) in [5.41, 5.74) is 8.23. The molecule has 0 bridgehead atoms. The van der Waals surface area contributed by atoms with E-state index in [2.05, 4.69) is 15.0 Å². The van der Waals surface area contributed by atoms with Gasteiger partial charge in [-0.25, -0.2) is 4.98 Å². The van der Waals surface area contributed by atoms with Gasteiger partial charge in [0.15, 0.2) is 0 Å². The van der Waals surface area contributed by atoms with Crippen LogP contribution in [0.3, 0.4) is 0 Å². The lowest BCUT2D eigenvalue weighted by atomic mass is 10.3. The fraction of sp³-hybridized carbons (Fsp3) is 0.143. The standard InChI is InChI=1S/C7H6N4O2/c1-13-6-3-2-5(4-9-6)7(12)10-11-8/h2-4H,1H3. The summed E-state index contributed by atoms with van der Waals surface area (Å²) >= 11 is 0. The van der Waals surface area contributed by atoms with Crippen molar-refractivity contribution in [1.82, 2.24) is 4.98 Å². The van der Waals surface area contributed by atoms with Crippen LogP contribution in [0.25, 0.3) is 10.4 Å². The Morgan fingerprint density at radius 3 is 2.92 bits per heavy atom. The molecule has 0 unspecified atom stereocenters. The second-order valence-electron chi connectivity index (χ2n) is 2.08. The Hall–Kier alpha value is -2.07. The summed E-state index contributed by atoms with van der Waals surface area (Å²) in [6, 6.07) is 2.99. The van der Waals surface area contributed by atoms with Crippen LogP contribution in [0.1, 0.15) is 10.4 Å². The van der Waals surface area contributed by atoms with E-state index in [9.17, 15) is 4.79 Å². The van der Waals surface area contributed by atoms with Crippen molar-refractivity contribution in [3.05, 3.63) is 34.3 Å². The Labute approximate surface area is 73.8 Å². The average molecular weight is 178 g/mol. The van der Waals surface area contributed by atoms with Crippen molar-refractivity contribution in [2.24, 2.45) is 5.11 Å². The van der Waals surface area contributed by atoms with E-state index in [0.717, 1.165) is 0 Å². The lowest BCUT2D eigenvalue weighted by Gasteiger charge is -1.97. The SMILES string of the molecule is COc1ccc(C(=O)N=[N+]=[N-])cn1.